The van der Waals surface area contributed by atoms with Crippen LogP contribution in [0, 0.1) is 0 Å². The van der Waals surface area contributed by atoms with E-state index in [1.54, 1.807) is 56.5 Å². The van der Waals surface area contributed by atoms with Crippen molar-refractivity contribution < 1.29 is 47.5 Å². The zero-order valence-electron chi connectivity index (χ0n) is 36.2. The summed E-state index contributed by atoms with van der Waals surface area (Å²) in [5.74, 6) is 1.54. The summed E-state index contributed by atoms with van der Waals surface area (Å²) >= 11 is 0. The van der Waals surface area contributed by atoms with E-state index in [2.05, 4.69) is 9.97 Å². The van der Waals surface area contributed by atoms with Crippen molar-refractivity contribution in [1.29, 1.82) is 0 Å². The Kier molecular flexibility index (Phi) is 11.1. The summed E-state index contributed by atoms with van der Waals surface area (Å²) < 4.78 is 46.3. The van der Waals surface area contributed by atoms with Gasteiger partial charge in [0.25, 0.3) is 0 Å². The van der Waals surface area contributed by atoms with Gasteiger partial charge < -0.3 is 52.8 Å². The van der Waals surface area contributed by atoms with Gasteiger partial charge in [0.05, 0.1) is 78.6 Å². The molecule has 1 fully saturated rings. The van der Waals surface area contributed by atoms with Crippen LogP contribution in [0.25, 0.3) is 56.5 Å². The summed E-state index contributed by atoms with van der Waals surface area (Å²) in [7, 11) is 11.2. The highest BCUT2D eigenvalue weighted by Gasteiger charge is 2.73. The van der Waals surface area contributed by atoms with Crippen LogP contribution < -0.4 is 28.4 Å². The Balaban J connectivity index is 1.56. The molecular weight excluding hydrogens is 795 g/mol. The Morgan fingerprint density at radius 1 is 0.581 bits per heavy atom. The largest absolute Gasteiger partial charge is 0.493 e. The minimum absolute atomic E-state index is 0.100. The van der Waals surface area contributed by atoms with Crippen molar-refractivity contribution in [1.82, 2.24) is 24.8 Å². The van der Waals surface area contributed by atoms with Gasteiger partial charge in [0.2, 0.25) is 11.5 Å². The average Bonchev–Trinajstić information content (AvgIpc) is 4.12. The van der Waals surface area contributed by atoms with E-state index in [4.69, 9.17) is 47.9 Å². The van der Waals surface area contributed by atoms with Gasteiger partial charge in [-0.1, -0.05) is 0 Å². The summed E-state index contributed by atoms with van der Waals surface area (Å²) in [6.45, 7) is 4.00. The number of ether oxygens (including phenoxy) is 8. The van der Waals surface area contributed by atoms with E-state index in [9.17, 15) is 9.59 Å². The second-order valence-corrected chi connectivity index (χ2v) is 15.0. The van der Waals surface area contributed by atoms with E-state index >= 15 is 0 Å². The maximum atomic E-state index is 14.6. The van der Waals surface area contributed by atoms with Crippen LogP contribution in [0.1, 0.15) is 36.6 Å². The van der Waals surface area contributed by atoms with Crippen LogP contribution in [0.15, 0.2) is 60.7 Å². The van der Waals surface area contributed by atoms with Crippen LogP contribution in [0.3, 0.4) is 0 Å². The number of hydrogen-bond donors (Lipinski definition) is 2. The topological polar surface area (TPSA) is 169 Å². The van der Waals surface area contributed by atoms with Crippen LogP contribution in [-0.2, 0) is 29.9 Å². The molecule has 5 aromatic rings. The summed E-state index contributed by atoms with van der Waals surface area (Å²) in [4.78, 5) is 48.8. The zero-order valence-corrected chi connectivity index (χ0v) is 36.2. The fourth-order valence-electron chi connectivity index (χ4n) is 9.11. The molecule has 1 saturated heterocycles. The standard InChI is InChI=1S/C47H49N5O10/c1-10-61-44(53)46-24-52(3)25-47(46,45(54)62-11-2)39-23-29-13-15-31(49-29)41(27-20-36(57-6)43(60-9)37(21-27)58-7)33-17-16-32(50-33)40(30-14-12-28(48-30)22-38(46)51-39)26-18-34(55-4)42(59-8)35(19-26)56-5/h12-23,48-49H,10-11,24-25H2,1-9H3/t46-,47+. The van der Waals surface area contributed by atoms with Gasteiger partial charge >= 0.3 is 11.9 Å². The number of H-pyrrole nitrogens is 2. The SMILES string of the molecule is CCOC(=O)[C@]12CN(C)C[C@@]1(C(=O)OCC)c1cc3ccc([nH]3)c(-c3cc(OC)c(OC)c(OC)c3)c3nc(c(-c4cc(OC)c(OC)c(OC)c4)c4ccc(cc2n1)[nH]4)C=C3. The number of benzene rings is 2. The lowest BCUT2D eigenvalue weighted by Crippen LogP contribution is -2.56. The van der Waals surface area contributed by atoms with Gasteiger partial charge in [-0.25, -0.2) is 4.98 Å². The first-order chi connectivity index (χ1) is 30.0. The molecule has 2 aromatic carbocycles. The molecule has 322 valence electrons. The van der Waals surface area contributed by atoms with Crippen LogP contribution >= 0.6 is 0 Å². The molecular formula is C47H49N5O10. The van der Waals surface area contributed by atoms with Gasteiger partial charge in [0.15, 0.2) is 23.0 Å². The molecule has 0 aliphatic carbocycles. The molecule has 0 radical (unpaired) electrons. The van der Waals surface area contributed by atoms with Gasteiger partial charge in [-0.2, -0.15) is 0 Å². The molecule has 15 nitrogen and oxygen atoms in total. The smallest absolute Gasteiger partial charge is 0.321 e. The van der Waals surface area contributed by atoms with Crippen LogP contribution in [-0.4, -0.2) is 113 Å². The van der Waals surface area contributed by atoms with E-state index < -0.39 is 22.8 Å². The molecule has 0 saturated carbocycles. The maximum Gasteiger partial charge on any atom is 0.321 e. The van der Waals surface area contributed by atoms with Gasteiger partial charge in [0, 0.05) is 46.3 Å². The number of aromatic nitrogens is 4. The Hall–Kier alpha value is -7.00. The number of carbonyl (C=O) groups excluding carboxylic acids is 2. The van der Waals surface area contributed by atoms with Crippen molar-refractivity contribution in [3.05, 3.63) is 83.4 Å². The third-order valence-electron chi connectivity index (χ3n) is 11.7. The predicted octanol–water partition coefficient (Wildman–Crippen LogP) is 7.12. The van der Waals surface area contributed by atoms with Gasteiger partial charge in [0.1, 0.15) is 10.8 Å². The molecule has 6 heterocycles. The molecule has 8 rings (SSSR count). The molecule has 2 atom stereocenters. The van der Waals surface area contributed by atoms with Crippen molar-refractivity contribution in [2.75, 3.05) is 76.0 Å². The second kappa shape index (κ2) is 16.5. The predicted molar refractivity (Wildman–Crippen MR) is 234 cm³/mol. The Bertz CT molecular complexity index is 2560. The first-order valence-electron chi connectivity index (χ1n) is 20.1. The summed E-state index contributed by atoms with van der Waals surface area (Å²) in [5, 5.41) is 0. The van der Waals surface area contributed by atoms with Crippen molar-refractivity contribution in [2.45, 2.75) is 24.7 Å². The van der Waals surface area contributed by atoms with Crippen LogP contribution in [0.2, 0.25) is 0 Å². The minimum atomic E-state index is -1.55. The number of carbonyl (C=O) groups is 2. The van der Waals surface area contributed by atoms with E-state index in [1.165, 1.54) is 0 Å². The van der Waals surface area contributed by atoms with Crippen LogP contribution in [0.4, 0.5) is 0 Å². The zero-order chi connectivity index (χ0) is 43.9. The highest BCUT2D eigenvalue weighted by molar-refractivity contribution is 6.01. The monoisotopic (exact) mass is 843 g/mol. The summed E-state index contributed by atoms with van der Waals surface area (Å²) in [5.41, 5.74) is 4.27. The maximum absolute atomic E-state index is 14.6. The number of likely N-dealkylation sites (N-methyl/N-ethyl adjacent to an activating group) is 1. The van der Waals surface area contributed by atoms with Crippen molar-refractivity contribution in [3.63, 3.8) is 0 Å². The third kappa shape index (κ3) is 6.46. The second-order valence-electron chi connectivity index (χ2n) is 15.0. The molecule has 15 heteroatoms. The number of esters is 2. The number of fused-ring (bicyclic) bond motifs is 11. The van der Waals surface area contributed by atoms with Gasteiger partial charge in [-0.3, -0.25) is 14.6 Å². The fourth-order valence-corrected chi connectivity index (χ4v) is 9.11. The van der Waals surface area contributed by atoms with Gasteiger partial charge in [-0.15, -0.1) is 0 Å². The normalized spacial score (nSPS) is 17.9. The minimum Gasteiger partial charge on any atom is -0.493 e. The Morgan fingerprint density at radius 2 is 0.968 bits per heavy atom. The fraction of sp³-hybridized carbons (Fsp3) is 0.319. The lowest BCUT2D eigenvalue weighted by molar-refractivity contribution is -0.162. The van der Waals surface area contributed by atoms with E-state index in [-0.39, 0.29) is 26.3 Å². The van der Waals surface area contributed by atoms with Crippen LogP contribution in [0.5, 0.6) is 34.5 Å². The quantitative estimate of drug-likeness (QED) is 0.120. The molecule has 3 aromatic heterocycles. The number of rotatable bonds is 12. The number of nitrogens with zero attached hydrogens (tertiary/aromatic N) is 3. The first-order valence-corrected chi connectivity index (χ1v) is 20.1. The van der Waals surface area contributed by atoms with E-state index in [0.29, 0.717) is 102 Å². The summed E-state index contributed by atoms with van der Waals surface area (Å²) in [6.07, 6.45) is 3.90. The molecule has 62 heavy (non-hydrogen) atoms. The van der Waals surface area contributed by atoms with Crippen molar-refractivity contribution >= 4 is 46.2 Å². The van der Waals surface area contributed by atoms with E-state index in [1.807, 2.05) is 84.8 Å². The van der Waals surface area contributed by atoms with Crippen molar-refractivity contribution in [2.24, 2.45) is 0 Å². The van der Waals surface area contributed by atoms with E-state index in [0.717, 1.165) is 0 Å². The highest BCUT2D eigenvalue weighted by atomic mass is 16.5. The van der Waals surface area contributed by atoms with Crippen molar-refractivity contribution in [3.8, 4) is 56.8 Å². The first kappa shape index (κ1) is 41.7. The van der Waals surface area contributed by atoms with Gasteiger partial charge in [-0.05, 0) is 105 Å². The molecule has 8 bridgehead atoms. The molecule has 2 N–H and O–H groups in total. The summed E-state index contributed by atoms with van der Waals surface area (Å²) in [6, 6.07) is 18.7. The lowest BCUT2D eigenvalue weighted by atomic mass is 9.63. The number of methoxy groups -OCH3 is 6. The lowest BCUT2D eigenvalue weighted by Gasteiger charge is -2.35. The third-order valence-corrected chi connectivity index (χ3v) is 11.7. The Labute approximate surface area is 358 Å². The number of likely N-dealkylation sites (tertiary alicyclic amines) is 1. The highest BCUT2D eigenvalue weighted by Crippen LogP contribution is 2.54. The molecule has 0 spiro atoms. The number of aromatic amines is 2. The Morgan fingerprint density at radius 3 is 1.31 bits per heavy atom. The molecule has 0 amide bonds. The molecule has 3 aliphatic heterocycles. The number of hydrogen-bond acceptors (Lipinski definition) is 13. The molecule has 3 aliphatic rings. The molecule has 0 unspecified atom stereocenters. The number of nitrogens with one attached hydrogen (secondary N) is 2. The average molecular weight is 844 g/mol.